The van der Waals surface area contributed by atoms with Crippen LogP contribution in [0.3, 0.4) is 0 Å². The molecule has 9 nitrogen and oxygen atoms in total. The van der Waals surface area contributed by atoms with Gasteiger partial charge in [-0.25, -0.2) is 9.78 Å². The lowest BCUT2D eigenvalue weighted by molar-refractivity contribution is -0.173. The summed E-state index contributed by atoms with van der Waals surface area (Å²) < 4.78 is 12.5. The second kappa shape index (κ2) is 11.2. The van der Waals surface area contributed by atoms with Gasteiger partial charge in [-0.15, -0.1) is 5.10 Å². The van der Waals surface area contributed by atoms with Crippen LogP contribution >= 0.6 is 0 Å². The number of pyridine rings is 1. The maximum Gasteiger partial charge on any atom is 0.339 e. The van der Waals surface area contributed by atoms with Crippen molar-refractivity contribution in [1.82, 2.24) is 20.1 Å². The summed E-state index contributed by atoms with van der Waals surface area (Å²) in [6.45, 7) is 8.42. The highest BCUT2D eigenvalue weighted by atomic mass is 28.4. The van der Waals surface area contributed by atoms with E-state index in [-0.39, 0.29) is 17.6 Å². The first kappa shape index (κ1) is 28.6. The maximum atomic E-state index is 13.8. The Morgan fingerprint density at radius 1 is 0.976 bits per heavy atom. The lowest BCUT2D eigenvalue weighted by Gasteiger charge is -2.48. The van der Waals surface area contributed by atoms with E-state index < -0.39 is 31.6 Å². The summed E-state index contributed by atoms with van der Waals surface area (Å²) in [5, 5.41) is 10.0. The first-order valence-electron chi connectivity index (χ1n) is 13.9. The zero-order chi connectivity index (χ0) is 29.3. The van der Waals surface area contributed by atoms with E-state index in [1.165, 1.54) is 7.11 Å². The van der Waals surface area contributed by atoms with Gasteiger partial charge in [-0.1, -0.05) is 81.4 Å². The smallest absolute Gasteiger partial charge is 0.339 e. The molecule has 0 spiro atoms. The number of rotatable bonds is 7. The summed E-state index contributed by atoms with van der Waals surface area (Å²) in [7, 11) is -1.55. The highest BCUT2D eigenvalue weighted by molar-refractivity contribution is 6.99. The quantitative estimate of drug-likeness (QED) is 0.188. The van der Waals surface area contributed by atoms with Gasteiger partial charge in [0.15, 0.2) is 0 Å². The molecule has 3 atom stereocenters. The van der Waals surface area contributed by atoms with Crippen LogP contribution in [0.1, 0.15) is 47.0 Å². The summed E-state index contributed by atoms with van der Waals surface area (Å²) in [5.41, 5.74) is -0.287. The number of aromatic nitrogens is 4. The molecule has 0 unspecified atom stereocenters. The van der Waals surface area contributed by atoms with Gasteiger partial charge in [-0.2, -0.15) is 0 Å². The molecule has 41 heavy (non-hydrogen) atoms. The van der Waals surface area contributed by atoms with Crippen molar-refractivity contribution in [2.24, 2.45) is 11.3 Å². The van der Waals surface area contributed by atoms with Crippen LogP contribution in [0, 0.1) is 11.3 Å². The first-order valence-corrected chi connectivity index (χ1v) is 15.8. The Labute approximate surface area is 240 Å². The van der Waals surface area contributed by atoms with Gasteiger partial charge in [0.25, 0.3) is 8.32 Å². The number of nitrogens with zero attached hydrogens (tertiary/aromatic N) is 4. The van der Waals surface area contributed by atoms with E-state index in [1.807, 2.05) is 36.4 Å². The largest absolute Gasteiger partial charge is 0.469 e. The first-order chi connectivity index (χ1) is 19.6. The number of carbonyl (C=O) groups excluding carboxylic acids is 2. The third kappa shape index (κ3) is 5.17. The van der Waals surface area contributed by atoms with Crippen LogP contribution in [0.15, 0.2) is 79.0 Å². The molecule has 5 rings (SSSR count). The van der Waals surface area contributed by atoms with Gasteiger partial charge in [-0.3, -0.25) is 4.79 Å². The lowest BCUT2D eigenvalue weighted by atomic mass is 9.66. The molecule has 2 aromatic heterocycles. The number of hydrogen-bond acceptors (Lipinski definition) is 8. The van der Waals surface area contributed by atoms with E-state index >= 15 is 0 Å². The van der Waals surface area contributed by atoms with E-state index in [0.717, 1.165) is 15.2 Å². The van der Waals surface area contributed by atoms with Crippen molar-refractivity contribution in [2.75, 3.05) is 7.11 Å². The van der Waals surface area contributed by atoms with Crippen molar-refractivity contribution in [1.29, 1.82) is 0 Å². The summed E-state index contributed by atoms with van der Waals surface area (Å²) >= 11 is 0. The van der Waals surface area contributed by atoms with Crippen molar-refractivity contribution in [3.8, 4) is 0 Å². The van der Waals surface area contributed by atoms with Crippen molar-refractivity contribution >= 4 is 41.8 Å². The molecule has 214 valence electrons. The topological polar surface area (TPSA) is 105 Å². The highest BCUT2D eigenvalue weighted by Crippen LogP contribution is 2.46. The molecule has 1 aliphatic rings. The SMILES string of the molecule is COC(=O)[C@@]1(C)CC[C@@H](O[Si](c2ccccc2)(c2ccccc2)C(C)(C)C)C[C@H]1C(=O)On1nnc2cccnc21. The molecular weight excluding hydrogens is 536 g/mol. The van der Waals surface area contributed by atoms with E-state index in [9.17, 15) is 9.59 Å². The molecular formula is C31H36N4O5Si. The van der Waals surface area contributed by atoms with Gasteiger partial charge in [0.2, 0.25) is 5.65 Å². The maximum absolute atomic E-state index is 13.8. The molecule has 0 radical (unpaired) electrons. The van der Waals surface area contributed by atoms with E-state index in [2.05, 4.69) is 60.3 Å². The monoisotopic (exact) mass is 572 g/mol. The Morgan fingerprint density at radius 3 is 2.20 bits per heavy atom. The van der Waals surface area contributed by atoms with Gasteiger partial charge in [0.1, 0.15) is 5.52 Å². The van der Waals surface area contributed by atoms with Gasteiger partial charge in [0.05, 0.1) is 18.4 Å². The Morgan fingerprint density at radius 2 is 1.61 bits per heavy atom. The van der Waals surface area contributed by atoms with E-state index in [0.29, 0.717) is 24.0 Å². The third-order valence-electron chi connectivity index (χ3n) is 8.31. The van der Waals surface area contributed by atoms with Gasteiger partial charge in [-0.05, 0) is 63.8 Å². The molecule has 0 amide bonds. The molecule has 0 saturated heterocycles. The Balaban J connectivity index is 1.52. The van der Waals surface area contributed by atoms with Crippen molar-refractivity contribution in [3.05, 3.63) is 79.0 Å². The van der Waals surface area contributed by atoms with Crippen LogP contribution in [0.4, 0.5) is 0 Å². The number of hydrogen-bond donors (Lipinski definition) is 0. The molecule has 2 heterocycles. The number of esters is 1. The average Bonchev–Trinajstić information content (AvgIpc) is 3.39. The molecule has 1 aliphatic carbocycles. The standard InChI is InChI=1S/C31H36N4O5Si/c1-30(2,3)41(23-13-8-6-9-14-23,24-15-10-7-11-16-24)40-22-18-19-31(4,29(37)38-5)25(21-22)28(36)39-35-27-26(33-34-35)17-12-20-32-27/h6-17,20,22,25H,18-19,21H2,1-5H3/t22-,25+,31+/m1/s1. The fraction of sp³-hybridized carbons (Fsp3) is 0.387. The average molecular weight is 573 g/mol. The van der Waals surface area contributed by atoms with Crippen LogP contribution in [0.2, 0.25) is 5.04 Å². The minimum Gasteiger partial charge on any atom is -0.469 e. The van der Waals surface area contributed by atoms with E-state index in [1.54, 1.807) is 25.3 Å². The van der Waals surface area contributed by atoms with Crippen molar-refractivity contribution in [3.63, 3.8) is 0 Å². The fourth-order valence-corrected chi connectivity index (χ4v) is 10.8. The predicted octanol–water partition coefficient (Wildman–Crippen LogP) is 3.71. The summed E-state index contributed by atoms with van der Waals surface area (Å²) in [5.74, 6) is -1.90. The lowest BCUT2D eigenvalue weighted by Crippen LogP contribution is -2.68. The third-order valence-corrected chi connectivity index (χ3v) is 13.4. The summed E-state index contributed by atoms with van der Waals surface area (Å²) in [6, 6.07) is 24.2. The fourth-order valence-electron chi connectivity index (χ4n) is 6.11. The Hall–Kier alpha value is -3.89. The number of carbonyl (C=O) groups is 2. The van der Waals surface area contributed by atoms with Gasteiger partial charge < -0.3 is 14.0 Å². The predicted molar refractivity (Wildman–Crippen MR) is 157 cm³/mol. The second-order valence-electron chi connectivity index (χ2n) is 11.9. The molecule has 0 aliphatic heterocycles. The normalized spacial score (nSPS) is 21.4. The molecule has 1 saturated carbocycles. The summed E-state index contributed by atoms with van der Waals surface area (Å²) in [4.78, 5) is 37.9. The van der Waals surface area contributed by atoms with Crippen LogP contribution in [0.25, 0.3) is 11.2 Å². The van der Waals surface area contributed by atoms with Crippen LogP contribution in [-0.4, -0.2) is 53.6 Å². The molecule has 10 heteroatoms. The molecule has 0 bridgehead atoms. The van der Waals surface area contributed by atoms with E-state index in [4.69, 9.17) is 14.0 Å². The van der Waals surface area contributed by atoms with Gasteiger partial charge >= 0.3 is 11.9 Å². The molecule has 2 aromatic carbocycles. The Bertz CT molecular complexity index is 1480. The van der Waals surface area contributed by atoms with Gasteiger partial charge in [0, 0.05) is 12.3 Å². The number of fused-ring (bicyclic) bond motifs is 1. The highest BCUT2D eigenvalue weighted by Gasteiger charge is 2.56. The van der Waals surface area contributed by atoms with Crippen LogP contribution in [0.5, 0.6) is 0 Å². The minimum absolute atomic E-state index is 0.236. The Kier molecular flexibility index (Phi) is 7.80. The zero-order valence-electron chi connectivity index (χ0n) is 24.1. The van der Waals surface area contributed by atoms with Crippen LogP contribution < -0.4 is 15.2 Å². The van der Waals surface area contributed by atoms with Crippen molar-refractivity contribution in [2.45, 2.75) is 58.1 Å². The number of ether oxygens (including phenoxy) is 1. The minimum atomic E-state index is -2.89. The molecule has 1 fully saturated rings. The molecule has 0 N–H and O–H groups in total. The van der Waals surface area contributed by atoms with Crippen LogP contribution in [-0.2, 0) is 18.8 Å². The zero-order valence-corrected chi connectivity index (χ0v) is 25.1. The molecule has 4 aromatic rings. The summed E-state index contributed by atoms with van der Waals surface area (Å²) in [6.07, 6.45) is 2.55. The second-order valence-corrected chi connectivity index (χ2v) is 16.1. The number of methoxy groups -OCH3 is 1. The number of benzene rings is 2. The van der Waals surface area contributed by atoms with Crippen molar-refractivity contribution < 1.29 is 23.6 Å².